The smallest absolute Gasteiger partial charge is 0.407 e. The van der Waals surface area contributed by atoms with Gasteiger partial charge in [0.05, 0.1) is 18.4 Å². The molecule has 0 spiro atoms. The minimum atomic E-state index is -0.366. The highest BCUT2D eigenvalue weighted by Gasteiger charge is 2.28. The standard InChI is InChI=1S/C17H24N6O3/c1-10(2)20-17(25)26-9-11-3-4-12(5-11)14-6-15(23-22-14)21-16(24)13-7-18-19-8-13/h6-8,10-12H,3-5,9H2,1-2H3,(H,18,19)(H,20,25)(H2,21,22,23,24)/t11-,12+/m1/s1. The predicted molar refractivity (Wildman–Crippen MR) is 94.8 cm³/mol. The van der Waals surface area contributed by atoms with E-state index in [1.807, 2.05) is 19.9 Å². The first-order valence-electron chi connectivity index (χ1n) is 8.80. The summed E-state index contributed by atoms with van der Waals surface area (Å²) in [5, 5.41) is 19.0. The number of nitrogens with zero attached hydrogens (tertiary/aromatic N) is 2. The van der Waals surface area contributed by atoms with E-state index in [1.165, 1.54) is 12.4 Å². The quantitative estimate of drug-likeness (QED) is 0.629. The number of hydrogen-bond acceptors (Lipinski definition) is 5. The lowest BCUT2D eigenvalue weighted by molar-refractivity contribution is 0.102. The van der Waals surface area contributed by atoms with Crippen molar-refractivity contribution in [2.24, 2.45) is 5.92 Å². The van der Waals surface area contributed by atoms with Gasteiger partial charge in [-0.15, -0.1) is 0 Å². The number of ether oxygens (including phenoxy) is 1. The van der Waals surface area contributed by atoms with Gasteiger partial charge in [-0.1, -0.05) is 0 Å². The van der Waals surface area contributed by atoms with Gasteiger partial charge in [0, 0.05) is 29.9 Å². The molecule has 1 aliphatic rings. The predicted octanol–water partition coefficient (Wildman–Crippen LogP) is 2.40. The maximum Gasteiger partial charge on any atom is 0.407 e. The Kier molecular flexibility index (Phi) is 5.55. The van der Waals surface area contributed by atoms with E-state index in [2.05, 4.69) is 31.0 Å². The summed E-state index contributed by atoms with van der Waals surface area (Å²) in [6.07, 6.45) is 5.53. The molecule has 1 saturated carbocycles. The van der Waals surface area contributed by atoms with Crippen LogP contribution in [0.2, 0.25) is 0 Å². The third kappa shape index (κ3) is 4.62. The molecule has 2 heterocycles. The van der Waals surface area contributed by atoms with Crippen molar-refractivity contribution in [3.05, 3.63) is 29.7 Å². The Morgan fingerprint density at radius 1 is 1.38 bits per heavy atom. The van der Waals surface area contributed by atoms with E-state index in [4.69, 9.17) is 4.74 Å². The lowest BCUT2D eigenvalue weighted by atomic mass is 10.0. The van der Waals surface area contributed by atoms with Crippen molar-refractivity contribution < 1.29 is 14.3 Å². The summed E-state index contributed by atoms with van der Waals surface area (Å²) in [6, 6.07) is 1.93. The number of alkyl carbamates (subject to hydrolysis) is 1. The van der Waals surface area contributed by atoms with Crippen molar-refractivity contribution in [2.75, 3.05) is 11.9 Å². The maximum absolute atomic E-state index is 12.0. The minimum absolute atomic E-state index is 0.0690. The Labute approximate surface area is 151 Å². The molecular formula is C17H24N6O3. The molecule has 26 heavy (non-hydrogen) atoms. The molecule has 3 rings (SSSR count). The molecule has 9 heteroatoms. The van der Waals surface area contributed by atoms with Gasteiger partial charge in [0.15, 0.2) is 5.82 Å². The Morgan fingerprint density at radius 2 is 2.23 bits per heavy atom. The fraction of sp³-hybridized carbons (Fsp3) is 0.529. The van der Waals surface area contributed by atoms with Crippen LogP contribution < -0.4 is 10.6 Å². The second-order valence-electron chi connectivity index (χ2n) is 6.92. The minimum Gasteiger partial charge on any atom is -0.449 e. The van der Waals surface area contributed by atoms with Gasteiger partial charge in [0.2, 0.25) is 0 Å². The van der Waals surface area contributed by atoms with Crippen molar-refractivity contribution >= 4 is 17.8 Å². The van der Waals surface area contributed by atoms with Gasteiger partial charge >= 0.3 is 6.09 Å². The molecule has 1 aliphatic carbocycles. The summed E-state index contributed by atoms with van der Waals surface area (Å²) in [5.74, 6) is 0.891. The number of carbonyl (C=O) groups is 2. The number of hydrogen-bond donors (Lipinski definition) is 4. The molecule has 0 aliphatic heterocycles. The average molecular weight is 360 g/mol. The third-order valence-corrected chi connectivity index (χ3v) is 4.44. The van der Waals surface area contributed by atoms with Crippen LogP contribution >= 0.6 is 0 Å². The molecule has 1 fully saturated rings. The van der Waals surface area contributed by atoms with Gasteiger partial charge in [0.25, 0.3) is 5.91 Å². The maximum atomic E-state index is 12.0. The summed E-state index contributed by atoms with van der Waals surface area (Å²) < 4.78 is 5.28. The molecule has 0 radical (unpaired) electrons. The Hall–Kier alpha value is -2.84. The van der Waals surface area contributed by atoms with Crippen LogP contribution in [0.4, 0.5) is 10.6 Å². The van der Waals surface area contributed by atoms with Crippen LogP contribution in [0, 0.1) is 5.92 Å². The van der Waals surface area contributed by atoms with Gasteiger partial charge in [-0.25, -0.2) is 4.79 Å². The monoisotopic (exact) mass is 360 g/mol. The van der Waals surface area contributed by atoms with E-state index in [0.717, 1.165) is 25.0 Å². The summed E-state index contributed by atoms with van der Waals surface area (Å²) in [6.45, 7) is 4.22. The first-order chi connectivity index (χ1) is 12.5. The van der Waals surface area contributed by atoms with Gasteiger partial charge in [-0.05, 0) is 39.0 Å². The normalized spacial score (nSPS) is 19.5. The number of anilines is 1. The fourth-order valence-corrected chi connectivity index (χ4v) is 3.15. The second-order valence-corrected chi connectivity index (χ2v) is 6.92. The van der Waals surface area contributed by atoms with Crippen molar-refractivity contribution in [1.82, 2.24) is 25.7 Å². The highest BCUT2D eigenvalue weighted by molar-refractivity contribution is 6.03. The van der Waals surface area contributed by atoms with Crippen molar-refractivity contribution in [3.8, 4) is 0 Å². The van der Waals surface area contributed by atoms with E-state index >= 15 is 0 Å². The second kappa shape index (κ2) is 8.03. The van der Waals surface area contributed by atoms with Crippen LogP contribution in [0.5, 0.6) is 0 Å². The van der Waals surface area contributed by atoms with Crippen LogP contribution in [-0.2, 0) is 4.74 Å². The van der Waals surface area contributed by atoms with Crippen LogP contribution in [-0.4, -0.2) is 45.0 Å². The highest BCUT2D eigenvalue weighted by atomic mass is 16.5. The van der Waals surface area contributed by atoms with Crippen molar-refractivity contribution in [1.29, 1.82) is 0 Å². The molecule has 2 aromatic heterocycles. The van der Waals surface area contributed by atoms with E-state index in [9.17, 15) is 9.59 Å². The topological polar surface area (TPSA) is 125 Å². The fourth-order valence-electron chi connectivity index (χ4n) is 3.15. The average Bonchev–Trinajstić information content (AvgIpc) is 3.33. The number of rotatable bonds is 6. The molecule has 0 unspecified atom stereocenters. The third-order valence-electron chi connectivity index (χ3n) is 4.44. The van der Waals surface area contributed by atoms with E-state index < -0.39 is 0 Å². The zero-order valence-corrected chi connectivity index (χ0v) is 14.9. The summed E-state index contributed by atoms with van der Waals surface area (Å²) in [7, 11) is 0. The van der Waals surface area contributed by atoms with Crippen molar-refractivity contribution in [2.45, 2.75) is 45.1 Å². The summed E-state index contributed by atoms with van der Waals surface area (Å²) in [4.78, 5) is 23.6. The number of amides is 2. The molecule has 0 bridgehead atoms. The zero-order chi connectivity index (χ0) is 18.5. The Bertz CT molecular complexity index is 740. The molecule has 2 amide bonds. The van der Waals surface area contributed by atoms with Gasteiger partial charge in [-0.2, -0.15) is 10.2 Å². The largest absolute Gasteiger partial charge is 0.449 e. The molecule has 140 valence electrons. The summed E-state index contributed by atoms with van der Waals surface area (Å²) >= 11 is 0. The SMILES string of the molecule is CC(C)NC(=O)OC[C@@H]1CC[C@H](c2cc(NC(=O)c3cn[nH]c3)n[nH]2)C1. The Balaban J connectivity index is 1.48. The van der Waals surface area contributed by atoms with Gasteiger partial charge in [-0.3, -0.25) is 15.0 Å². The number of aromatic amines is 2. The van der Waals surface area contributed by atoms with Gasteiger partial charge in [0.1, 0.15) is 0 Å². The molecule has 2 atom stereocenters. The first kappa shape index (κ1) is 18.0. The van der Waals surface area contributed by atoms with Gasteiger partial charge < -0.3 is 15.4 Å². The molecule has 0 aromatic carbocycles. The number of nitrogens with one attached hydrogen (secondary N) is 4. The first-order valence-corrected chi connectivity index (χ1v) is 8.80. The van der Waals surface area contributed by atoms with Crippen LogP contribution in [0.3, 0.4) is 0 Å². The Morgan fingerprint density at radius 3 is 2.96 bits per heavy atom. The molecule has 9 nitrogen and oxygen atoms in total. The molecule has 0 saturated heterocycles. The highest BCUT2D eigenvalue weighted by Crippen LogP contribution is 2.38. The lowest BCUT2D eigenvalue weighted by Crippen LogP contribution is -2.31. The van der Waals surface area contributed by atoms with Crippen LogP contribution in [0.25, 0.3) is 0 Å². The molecule has 4 N–H and O–H groups in total. The lowest BCUT2D eigenvalue weighted by Gasteiger charge is -2.13. The zero-order valence-electron chi connectivity index (χ0n) is 14.9. The summed E-state index contributed by atoms with van der Waals surface area (Å²) in [5.41, 5.74) is 1.44. The van der Waals surface area contributed by atoms with Crippen LogP contribution in [0.15, 0.2) is 18.5 Å². The van der Waals surface area contributed by atoms with E-state index in [0.29, 0.717) is 29.8 Å². The molecule has 2 aromatic rings. The number of H-pyrrole nitrogens is 2. The van der Waals surface area contributed by atoms with E-state index in [-0.39, 0.29) is 18.0 Å². The van der Waals surface area contributed by atoms with Crippen molar-refractivity contribution in [3.63, 3.8) is 0 Å². The molecular weight excluding hydrogens is 336 g/mol. The number of aromatic nitrogens is 4. The van der Waals surface area contributed by atoms with E-state index in [1.54, 1.807) is 0 Å². The number of carbonyl (C=O) groups excluding carboxylic acids is 2. The van der Waals surface area contributed by atoms with Crippen LogP contribution in [0.1, 0.15) is 55.1 Å².